The van der Waals surface area contributed by atoms with Crippen LogP contribution < -0.4 is 15.4 Å². The van der Waals surface area contributed by atoms with E-state index in [4.69, 9.17) is 11.6 Å². The van der Waals surface area contributed by atoms with E-state index >= 15 is 0 Å². The van der Waals surface area contributed by atoms with E-state index in [0.29, 0.717) is 28.3 Å². The van der Waals surface area contributed by atoms with Gasteiger partial charge < -0.3 is 9.88 Å². The molecule has 8 heteroatoms. The zero-order valence-corrected chi connectivity index (χ0v) is 17.9. The first kappa shape index (κ1) is 21.1. The standard InChI is InChI=1S/C23H20ClF2N3O2/c1-12(2)15-8-14(25)4-5-20(15)28-11-29(19-6-7-22(30)27-13(19)3)23(31)16-9-17(24)18(26)10-21(16)28/h4-10,12H,11H2,1-3H3,(H,27,30). The highest BCUT2D eigenvalue weighted by molar-refractivity contribution is 6.31. The number of hydrogen-bond acceptors (Lipinski definition) is 3. The fourth-order valence-corrected chi connectivity index (χ4v) is 4.01. The lowest BCUT2D eigenvalue weighted by Crippen LogP contribution is -2.46. The van der Waals surface area contributed by atoms with Crippen molar-refractivity contribution in [1.29, 1.82) is 0 Å². The van der Waals surface area contributed by atoms with Crippen molar-refractivity contribution < 1.29 is 13.6 Å². The van der Waals surface area contributed by atoms with Gasteiger partial charge in [0.15, 0.2) is 0 Å². The molecule has 5 nitrogen and oxygen atoms in total. The maximum absolute atomic E-state index is 14.4. The number of H-pyrrole nitrogens is 1. The van der Waals surface area contributed by atoms with Gasteiger partial charge in [0.05, 0.1) is 22.0 Å². The second-order valence-corrected chi connectivity index (χ2v) is 8.18. The number of nitrogens with one attached hydrogen (secondary N) is 1. The van der Waals surface area contributed by atoms with Crippen molar-refractivity contribution in [3.63, 3.8) is 0 Å². The summed E-state index contributed by atoms with van der Waals surface area (Å²) in [5, 5.41) is -0.171. The molecule has 2 aromatic carbocycles. The minimum atomic E-state index is -0.653. The van der Waals surface area contributed by atoms with E-state index in [-0.39, 0.29) is 40.5 Å². The molecule has 0 saturated heterocycles. The minimum absolute atomic E-state index is 0.0211. The summed E-state index contributed by atoms with van der Waals surface area (Å²) in [4.78, 5) is 30.9. The SMILES string of the molecule is Cc1[nH]c(=O)ccc1N1CN(c2ccc(F)cc2C(C)C)c2cc(F)c(Cl)cc2C1=O. The molecule has 0 aliphatic carbocycles. The van der Waals surface area contributed by atoms with Crippen LogP contribution in [0.2, 0.25) is 5.02 Å². The minimum Gasteiger partial charge on any atom is -0.324 e. The molecule has 31 heavy (non-hydrogen) atoms. The summed E-state index contributed by atoms with van der Waals surface area (Å²) in [5.74, 6) is -1.43. The van der Waals surface area contributed by atoms with Crippen LogP contribution >= 0.6 is 11.6 Å². The highest BCUT2D eigenvalue weighted by Crippen LogP contribution is 2.41. The highest BCUT2D eigenvalue weighted by Gasteiger charge is 2.34. The Hall–Kier alpha value is -3.19. The molecule has 1 aliphatic heterocycles. The molecule has 1 N–H and O–H groups in total. The van der Waals surface area contributed by atoms with Gasteiger partial charge in [-0.1, -0.05) is 25.4 Å². The largest absolute Gasteiger partial charge is 0.324 e. The molecule has 0 bridgehead atoms. The molecule has 4 rings (SSSR count). The molecule has 160 valence electrons. The second kappa shape index (κ2) is 7.81. The van der Waals surface area contributed by atoms with Gasteiger partial charge in [-0.15, -0.1) is 0 Å². The van der Waals surface area contributed by atoms with E-state index in [1.54, 1.807) is 24.0 Å². The lowest BCUT2D eigenvalue weighted by atomic mass is 9.98. The Morgan fingerprint density at radius 2 is 1.68 bits per heavy atom. The van der Waals surface area contributed by atoms with Crippen molar-refractivity contribution in [3.05, 3.63) is 86.3 Å². The van der Waals surface area contributed by atoms with Gasteiger partial charge in [0.2, 0.25) is 5.56 Å². The summed E-state index contributed by atoms with van der Waals surface area (Å²) in [6.07, 6.45) is 0. The number of nitrogens with zero attached hydrogens (tertiary/aromatic N) is 2. The number of aromatic nitrogens is 1. The average molecular weight is 444 g/mol. The number of carbonyl (C=O) groups excluding carboxylic acids is 1. The van der Waals surface area contributed by atoms with Gasteiger partial charge in [-0.2, -0.15) is 0 Å². The van der Waals surface area contributed by atoms with E-state index in [1.165, 1.54) is 35.2 Å². The summed E-state index contributed by atoms with van der Waals surface area (Å²) in [5.41, 5.74) is 2.66. The van der Waals surface area contributed by atoms with Gasteiger partial charge in [-0.3, -0.25) is 14.5 Å². The molecule has 1 amide bonds. The average Bonchev–Trinajstić information content (AvgIpc) is 2.71. The van der Waals surface area contributed by atoms with Crippen LogP contribution in [0.3, 0.4) is 0 Å². The summed E-state index contributed by atoms with van der Waals surface area (Å²) < 4.78 is 28.4. The Balaban J connectivity index is 1.95. The Morgan fingerprint density at radius 1 is 0.968 bits per heavy atom. The third-order valence-corrected chi connectivity index (χ3v) is 5.66. The van der Waals surface area contributed by atoms with Crippen molar-refractivity contribution in [1.82, 2.24) is 4.98 Å². The Labute approximate surface area is 182 Å². The van der Waals surface area contributed by atoms with Crippen LogP contribution in [0.1, 0.15) is 41.4 Å². The van der Waals surface area contributed by atoms with Gasteiger partial charge in [-0.25, -0.2) is 8.78 Å². The molecule has 0 spiro atoms. The number of carbonyl (C=O) groups is 1. The number of fused-ring (bicyclic) bond motifs is 1. The van der Waals surface area contributed by atoms with E-state index in [1.807, 2.05) is 13.8 Å². The Morgan fingerprint density at radius 3 is 2.35 bits per heavy atom. The molecule has 2 heterocycles. The van der Waals surface area contributed by atoms with Gasteiger partial charge in [0.25, 0.3) is 5.91 Å². The van der Waals surface area contributed by atoms with Crippen molar-refractivity contribution >= 4 is 34.6 Å². The van der Waals surface area contributed by atoms with Crippen LogP contribution in [0.5, 0.6) is 0 Å². The predicted octanol–water partition coefficient (Wildman–Crippen LogP) is 5.49. The number of rotatable bonds is 3. The Kier molecular flexibility index (Phi) is 5.31. The normalized spacial score (nSPS) is 13.7. The van der Waals surface area contributed by atoms with Gasteiger partial charge in [0, 0.05) is 17.4 Å². The topological polar surface area (TPSA) is 56.4 Å². The fourth-order valence-electron chi connectivity index (χ4n) is 3.85. The quantitative estimate of drug-likeness (QED) is 0.582. The lowest BCUT2D eigenvalue weighted by molar-refractivity contribution is 0.0983. The number of hydrogen-bond donors (Lipinski definition) is 1. The molecule has 1 aromatic heterocycles. The third-order valence-electron chi connectivity index (χ3n) is 5.37. The van der Waals surface area contributed by atoms with Gasteiger partial charge in [0.1, 0.15) is 18.3 Å². The maximum Gasteiger partial charge on any atom is 0.262 e. The van der Waals surface area contributed by atoms with Crippen LogP contribution in [-0.4, -0.2) is 17.6 Å². The van der Waals surface area contributed by atoms with E-state index in [9.17, 15) is 18.4 Å². The monoisotopic (exact) mass is 443 g/mol. The van der Waals surface area contributed by atoms with Crippen LogP contribution in [-0.2, 0) is 0 Å². The molecule has 0 unspecified atom stereocenters. The van der Waals surface area contributed by atoms with Crippen molar-refractivity contribution in [2.24, 2.45) is 0 Å². The van der Waals surface area contributed by atoms with E-state index in [2.05, 4.69) is 4.98 Å². The van der Waals surface area contributed by atoms with Crippen LogP contribution in [0.25, 0.3) is 0 Å². The smallest absolute Gasteiger partial charge is 0.262 e. The second-order valence-electron chi connectivity index (χ2n) is 7.78. The molecule has 0 saturated carbocycles. The molecular weight excluding hydrogens is 424 g/mol. The number of pyridine rings is 1. The van der Waals surface area contributed by atoms with Crippen molar-refractivity contribution in [2.45, 2.75) is 26.7 Å². The van der Waals surface area contributed by atoms with E-state index in [0.717, 1.165) is 0 Å². The number of halogens is 3. The number of aromatic amines is 1. The summed E-state index contributed by atoms with van der Waals surface area (Å²) in [6, 6.07) is 9.82. The summed E-state index contributed by atoms with van der Waals surface area (Å²) >= 11 is 5.99. The first-order valence-corrected chi connectivity index (χ1v) is 10.1. The maximum atomic E-state index is 14.4. The number of aryl methyl sites for hydroxylation is 1. The van der Waals surface area contributed by atoms with Gasteiger partial charge >= 0.3 is 0 Å². The number of benzene rings is 2. The molecule has 1 aliphatic rings. The Bertz CT molecular complexity index is 1260. The first-order chi connectivity index (χ1) is 14.7. The van der Waals surface area contributed by atoms with Crippen LogP contribution in [0.4, 0.5) is 25.8 Å². The summed E-state index contributed by atoms with van der Waals surface area (Å²) in [7, 11) is 0. The first-order valence-electron chi connectivity index (χ1n) is 9.75. The molecule has 0 atom stereocenters. The lowest BCUT2D eigenvalue weighted by Gasteiger charge is -2.39. The third kappa shape index (κ3) is 3.70. The molecular formula is C23H20ClF2N3O2. The van der Waals surface area contributed by atoms with Crippen molar-refractivity contribution in [3.8, 4) is 0 Å². The fraction of sp³-hybridized carbons (Fsp3) is 0.217. The van der Waals surface area contributed by atoms with Crippen LogP contribution in [0, 0.1) is 18.6 Å². The predicted molar refractivity (Wildman–Crippen MR) is 118 cm³/mol. The van der Waals surface area contributed by atoms with Gasteiger partial charge in [-0.05, 0) is 54.8 Å². The highest BCUT2D eigenvalue weighted by atomic mass is 35.5. The summed E-state index contributed by atoms with van der Waals surface area (Å²) in [6.45, 7) is 5.60. The van der Waals surface area contributed by atoms with Crippen molar-refractivity contribution in [2.75, 3.05) is 16.5 Å². The zero-order valence-electron chi connectivity index (χ0n) is 17.2. The number of amides is 1. The number of anilines is 3. The van der Waals surface area contributed by atoms with Crippen LogP contribution in [0.15, 0.2) is 47.3 Å². The molecule has 3 aromatic rings. The molecule has 0 fully saturated rings. The van der Waals surface area contributed by atoms with E-state index < -0.39 is 5.82 Å². The molecule has 0 radical (unpaired) electrons. The zero-order chi connectivity index (χ0) is 22.4.